The number of oxime groups is 2. The van der Waals surface area contributed by atoms with Gasteiger partial charge in [-0.25, -0.2) is 0 Å². The third-order valence-electron chi connectivity index (χ3n) is 7.49. The van der Waals surface area contributed by atoms with E-state index in [9.17, 15) is 10.5 Å². The number of aryl methyl sites for hydroxylation is 1. The van der Waals surface area contributed by atoms with Crippen molar-refractivity contribution in [2.24, 2.45) is 10.3 Å². The highest BCUT2D eigenvalue weighted by atomic mass is 16.6. The molecule has 0 aliphatic rings. The zero-order valence-corrected chi connectivity index (χ0v) is 29.1. The second kappa shape index (κ2) is 17.9. The van der Waals surface area contributed by atoms with E-state index in [1.54, 1.807) is 0 Å². The Kier molecular flexibility index (Phi) is 13.8. The molecule has 0 saturated heterocycles. The van der Waals surface area contributed by atoms with Crippen LogP contribution in [0.3, 0.4) is 0 Å². The van der Waals surface area contributed by atoms with Crippen LogP contribution in [-0.2, 0) is 28.3 Å². The van der Waals surface area contributed by atoms with Crippen molar-refractivity contribution in [3.63, 3.8) is 0 Å². The smallest absolute Gasteiger partial charge is 0.187 e. The summed E-state index contributed by atoms with van der Waals surface area (Å²) in [4.78, 5) is 9.48. The highest BCUT2D eigenvalue weighted by Crippen LogP contribution is 2.26. The highest BCUT2D eigenvalue weighted by molar-refractivity contribution is 6.12. The molecule has 0 amide bonds. The van der Waals surface area contributed by atoms with Crippen LogP contribution in [0.4, 0.5) is 0 Å². The standard InChI is InChI=1S/2C20H22N2O2/c1-20(2,3)16-9-11-17(12-10-16)24-14-15-7-5-6-8-18(15)19(13-21)22-23-4;1-14(2)18-10-9-17(11-15(18)3)24-13-16-7-5-6-8-19(16)20(12-21)22-23-4/h5-12H,14H2,1-4H3;5-11,14H,13H2,1-4H3. The van der Waals surface area contributed by atoms with Crippen molar-refractivity contribution in [2.45, 2.75) is 66.1 Å². The first-order valence-electron chi connectivity index (χ1n) is 15.7. The largest absolute Gasteiger partial charge is 0.489 e. The van der Waals surface area contributed by atoms with Gasteiger partial charge >= 0.3 is 0 Å². The van der Waals surface area contributed by atoms with E-state index in [-0.39, 0.29) is 16.8 Å². The molecule has 0 aromatic heterocycles. The van der Waals surface area contributed by atoms with Crippen molar-refractivity contribution in [2.75, 3.05) is 14.2 Å². The van der Waals surface area contributed by atoms with Crippen molar-refractivity contribution < 1.29 is 19.1 Å². The van der Waals surface area contributed by atoms with Gasteiger partial charge in [-0.1, -0.05) is 112 Å². The highest BCUT2D eigenvalue weighted by Gasteiger charge is 2.14. The van der Waals surface area contributed by atoms with Crippen molar-refractivity contribution >= 4 is 11.4 Å². The summed E-state index contributed by atoms with van der Waals surface area (Å²) < 4.78 is 11.8. The average Bonchev–Trinajstić information content (AvgIpc) is 3.08. The molecule has 0 heterocycles. The third kappa shape index (κ3) is 10.5. The van der Waals surface area contributed by atoms with Crippen molar-refractivity contribution in [3.05, 3.63) is 130 Å². The maximum absolute atomic E-state index is 9.24. The van der Waals surface area contributed by atoms with Crippen LogP contribution < -0.4 is 9.47 Å². The van der Waals surface area contributed by atoms with Crippen LogP contribution in [0.15, 0.2) is 101 Å². The topological polar surface area (TPSA) is 109 Å². The van der Waals surface area contributed by atoms with E-state index < -0.39 is 0 Å². The summed E-state index contributed by atoms with van der Waals surface area (Å²) >= 11 is 0. The molecule has 0 radical (unpaired) electrons. The second-order valence-corrected chi connectivity index (χ2v) is 12.3. The van der Waals surface area contributed by atoms with E-state index in [4.69, 9.17) is 19.1 Å². The Morgan fingerprint density at radius 1 is 0.688 bits per heavy atom. The lowest BCUT2D eigenvalue weighted by Gasteiger charge is -2.19. The molecule has 0 bridgehead atoms. The average molecular weight is 645 g/mol. The molecule has 4 aromatic rings. The minimum atomic E-state index is 0.115. The second-order valence-electron chi connectivity index (χ2n) is 12.3. The van der Waals surface area contributed by atoms with Gasteiger partial charge in [0.05, 0.1) is 0 Å². The molecule has 48 heavy (non-hydrogen) atoms. The number of benzene rings is 4. The van der Waals surface area contributed by atoms with E-state index in [1.165, 1.54) is 30.9 Å². The van der Waals surface area contributed by atoms with Crippen molar-refractivity contribution in [3.8, 4) is 23.6 Å². The summed E-state index contributed by atoms with van der Waals surface area (Å²) in [6.07, 6.45) is 0. The molecule has 0 N–H and O–H groups in total. The van der Waals surface area contributed by atoms with Crippen LogP contribution in [0, 0.1) is 29.6 Å². The zero-order chi connectivity index (χ0) is 35.1. The summed E-state index contributed by atoms with van der Waals surface area (Å²) in [5.74, 6) is 2.09. The molecule has 0 aliphatic heterocycles. The normalized spacial score (nSPS) is 11.5. The fraction of sp³-hybridized carbons (Fsp3) is 0.300. The molecular formula is C40H44N4O4. The maximum atomic E-state index is 9.24. The van der Waals surface area contributed by atoms with Gasteiger partial charge in [-0.15, -0.1) is 0 Å². The van der Waals surface area contributed by atoms with Crippen LogP contribution in [0.5, 0.6) is 11.5 Å². The van der Waals surface area contributed by atoms with E-state index in [1.807, 2.05) is 72.8 Å². The number of hydrogen-bond donors (Lipinski definition) is 0. The Morgan fingerprint density at radius 2 is 1.15 bits per heavy atom. The molecule has 248 valence electrons. The molecule has 4 rings (SSSR count). The van der Waals surface area contributed by atoms with Gasteiger partial charge in [0.15, 0.2) is 11.4 Å². The van der Waals surface area contributed by atoms with Gasteiger partial charge in [0.2, 0.25) is 0 Å². The van der Waals surface area contributed by atoms with Crippen LogP contribution in [-0.4, -0.2) is 25.6 Å². The first-order valence-corrected chi connectivity index (χ1v) is 15.7. The predicted octanol–water partition coefficient (Wildman–Crippen LogP) is 9.01. The lowest BCUT2D eigenvalue weighted by atomic mass is 9.87. The van der Waals surface area contributed by atoms with Gasteiger partial charge in [-0.05, 0) is 70.3 Å². The number of nitrogens with zero attached hydrogens (tertiary/aromatic N) is 4. The molecular weight excluding hydrogens is 600 g/mol. The summed E-state index contributed by atoms with van der Waals surface area (Å²) in [6.45, 7) is 13.7. The monoisotopic (exact) mass is 644 g/mol. The van der Waals surface area contributed by atoms with E-state index in [0.29, 0.717) is 24.7 Å². The summed E-state index contributed by atoms with van der Waals surface area (Å²) in [5, 5.41) is 26.0. The maximum Gasteiger partial charge on any atom is 0.187 e. The molecule has 0 aliphatic carbocycles. The lowest BCUT2D eigenvalue weighted by Crippen LogP contribution is -2.10. The zero-order valence-electron chi connectivity index (χ0n) is 29.1. The SMILES string of the molecule is CON=C(C#N)c1ccccc1COc1ccc(C(C)(C)C)cc1.CON=C(C#N)c1ccccc1COc1ccc(C(C)C)c(C)c1. The van der Waals surface area contributed by atoms with Gasteiger partial charge in [0, 0.05) is 11.1 Å². The van der Waals surface area contributed by atoms with Gasteiger partial charge < -0.3 is 19.1 Å². The summed E-state index contributed by atoms with van der Waals surface area (Å²) in [6, 6.07) is 33.4. The summed E-state index contributed by atoms with van der Waals surface area (Å²) in [5.41, 5.74) is 7.60. The van der Waals surface area contributed by atoms with Crippen LogP contribution in [0.2, 0.25) is 0 Å². The fourth-order valence-corrected chi connectivity index (χ4v) is 4.96. The number of ether oxygens (including phenoxy) is 2. The quantitative estimate of drug-likeness (QED) is 0.119. The molecule has 0 atom stereocenters. The van der Waals surface area contributed by atoms with E-state index >= 15 is 0 Å². The molecule has 4 aromatic carbocycles. The predicted molar refractivity (Wildman–Crippen MR) is 190 cm³/mol. The third-order valence-corrected chi connectivity index (χ3v) is 7.49. The molecule has 0 fully saturated rings. The number of rotatable bonds is 11. The molecule has 0 unspecified atom stereocenters. The molecule has 0 saturated carbocycles. The van der Waals surface area contributed by atoms with Gasteiger partial charge in [-0.2, -0.15) is 10.5 Å². The number of nitriles is 2. The minimum absolute atomic E-state index is 0.115. The van der Waals surface area contributed by atoms with Crippen LogP contribution >= 0.6 is 0 Å². The Bertz CT molecular complexity index is 1790. The van der Waals surface area contributed by atoms with E-state index in [2.05, 4.69) is 82.2 Å². The van der Waals surface area contributed by atoms with E-state index in [0.717, 1.165) is 28.2 Å². The lowest BCUT2D eigenvalue weighted by molar-refractivity contribution is 0.214. The van der Waals surface area contributed by atoms with Crippen LogP contribution in [0.25, 0.3) is 0 Å². The van der Waals surface area contributed by atoms with Gasteiger partial charge in [0.1, 0.15) is 51.1 Å². The fourth-order valence-electron chi connectivity index (χ4n) is 4.96. The molecule has 0 spiro atoms. The Labute approximate surface area is 284 Å². The number of hydrogen-bond acceptors (Lipinski definition) is 8. The molecule has 8 heteroatoms. The summed E-state index contributed by atoms with van der Waals surface area (Å²) in [7, 11) is 2.85. The Balaban J connectivity index is 0.000000260. The van der Waals surface area contributed by atoms with Gasteiger partial charge in [-0.3, -0.25) is 0 Å². The Hall–Kier alpha value is -5.60. The minimum Gasteiger partial charge on any atom is -0.489 e. The van der Waals surface area contributed by atoms with Crippen LogP contribution in [0.1, 0.15) is 79.5 Å². The first kappa shape index (κ1) is 36.9. The molecule has 8 nitrogen and oxygen atoms in total. The van der Waals surface area contributed by atoms with Crippen molar-refractivity contribution in [1.29, 1.82) is 10.5 Å². The van der Waals surface area contributed by atoms with Gasteiger partial charge in [0.25, 0.3) is 0 Å². The Morgan fingerprint density at radius 3 is 1.56 bits per heavy atom. The first-order chi connectivity index (χ1) is 23.0. The van der Waals surface area contributed by atoms with Crippen molar-refractivity contribution in [1.82, 2.24) is 0 Å².